The Bertz CT molecular complexity index is 432. The van der Waals surface area contributed by atoms with E-state index >= 15 is 0 Å². The predicted molar refractivity (Wildman–Crippen MR) is 69.7 cm³/mol. The van der Waals surface area contributed by atoms with Gasteiger partial charge in [0.1, 0.15) is 5.82 Å². The summed E-state index contributed by atoms with van der Waals surface area (Å²) in [7, 11) is 0. The highest BCUT2D eigenvalue weighted by molar-refractivity contribution is 5.90. The van der Waals surface area contributed by atoms with E-state index in [1.165, 1.54) is 0 Å². The van der Waals surface area contributed by atoms with Crippen molar-refractivity contribution in [3.63, 3.8) is 0 Å². The molecule has 1 saturated heterocycles. The van der Waals surface area contributed by atoms with Gasteiger partial charge in [0.05, 0.1) is 12.7 Å². The van der Waals surface area contributed by atoms with Gasteiger partial charge in [0.25, 0.3) is 5.91 Å². The summed E-state index contributed by atoms with van der Waals surface area (Å²) in [6.45, 7) is 5.49. The summed E-state index contributed by atoms with van der Waals surface area (Å²) < 4.78 is 5.53. The highest BCUT2D eigenvalue weighted by atomic mass is 16.5. The number of nitrogens with two attached hydrogens (primary N) is 1. The number of aryl methyl sites for hydroxylation is 1. The lowest BCUT2D eigenvalue weighted by molar-refractivity contribution is -0.0303. The van der Waals surface area contributed by atoms with Gasteiger partial charge in [-0.05, 0) is 13.3 Å². The number of ether oxygens (including phenoxy) is 1. The third-order valence-corrected chi connectivity index (χ3v) is 3.18. The summed E-state index contributed by atoms with van der Waals surface area (Å²) in [5, 5.41) is 6.78. The van der Waals surface area contributed by atoms with Crippen molar-refractivity contribution in [2.24, 2.45) is 5.73 Å². The van der Waals surface area contributed by atoms with E-state index in [2.05, 4.69) is 22.1 Å². The van der Waals surface area contributed by atoms with Crippen LogP contribution in [-0.2, 0) is 11.2 Å². The van der Waals surface area contributed by atoms with E-state index in [0.29, 0.717) is 19.7 Å². The number of hydrogen-bond acceptors (Lipinski definition) is 5. The lowest BCUT2D eigenvalue weighted by Crippen LogP contribution is -2.51. The van der Waals surface area contributed by atoms with Crippen LogP contribution in [0, 0.1) is 0 Å². The number of amides is 1. The Labute approximate surface area is 112 Å². The van der Waals surface area contributed by atoms with Crippen molar-refractivity contribution in [2.45, 2.75) is 38.8 Å². The summed E-state index contributed by atoms with van der Waals surface area (Å²) in [6.07, 6.45) is 1.64. The molecule has 19 heavy (non-hydrogen) atoms. The van der Waals surface area contributed by atoms with E-state index in [1.54, 1.807) is 4.90 Å². The quantitative estimate of drug-likeness (QED) is 0.797. The van der Waals surface area contributed by atoms with Crippen LogP contribution >= 0.6 is 0 Å². The van der Waals surface area contributed by atoms with Gasteiger partial charge in [-0.2, -0.15) is 0 Å². The number of hydrogen-bond donors (Lipinski definition) is 2. The average Bonchev–Trinajstić information content (AvgIpc) is 2.87. The highest BCUT2D eigenvalue weighted by Crippen LogP contribution is 2.10. The van der Waals surface area contributed by atoms with Gasteiger partial charge < -0.3 is 15.4 Å². The van der Waals surface area contributed by atoms with Gasteiger partial charge in [-0.25, -0.2) is 4.98 Å². The van der Waals surface area contributed by atoms with Crippen molar-refractivity contribution >= 4 is 5.91 Å². The second-order valence-corrected chi connectivity index (χ2v) is 4.88. The molecule has 7 heteroatoms. The molecule has 0 radical (unpaired) electrons. The zero-order chi connectivity index (χ0) is 13.8. The first kappa shape index (κ1) is 14.0. The Morgan fingerprint density at radius 1 is 1.68 bits per heavy atom. The average molecular weight is 267 g/mol. The minimum absolute atomic E-state index is 0.0987. The maximum absolute atomic E-state index is 12.3. The largest absolute Gasteiger partial charge is 0.373 e. The molecular formula is C12H21N5O2. The zero-order valence-electron chi connectivity index (χ0n) is 11.4. The maximum atomic E-state index is 12.3. The van der Waals surface area contributed by atoms with Crippen molar-refractivity contribution in [1.29, 1.82) is 0 Å². The van der Waals surface area contributed by atoms with E-state index < -0.39 is 0 Å². The van der Waals surface area contributed by atoms with Crippen molar-refractivity contribution in [1.82, 2.24) is 20.1 Å². The van der Waals surface area contributed by atoms with Gasteiger partial charge in [-0.3, -0.25) is 9.89 Å². The molecule has 1 aromatic rings. The third kappa shape index (κ3) is 3.30. The van der Waals surface area contributed by atoms with Gasteiger partial charge in [0, 0.05) is 25.6 Å². The van der Waals surface area contributed by atoms with Crippen LogP contribution in [0.2, 0.25) is 0 Å². The first-order chi connectivity index (χ1) is 9.11. The molecular weight excluding hydrogens is 246 g/mol. The Morgan fingerprint density at radius 2 is 2.47 bits per heavy atom. The number of carbonyl (C=O) groups excluding carboxylic acids is 1. The van der Waals surface area contributed by atoms with Crippen LogP contribution in [0.25, 0.3) is 0 Å². The number of H-pyrrole nitrogens is 1. The van der Waals surface area contributed by atoms with Gasteiger partial charge in [0.2, 0.25) is 5.82 Å². The number of carbonyl (C=O) groups is 1. The van der Waals surface area contributed by atoms with Gasteiger partial charge in [-0.15, -0.1) is 5.10 Å². The molecule has 1 aliphatic heterocycles. The van der Waals surface area contributed by atoms with Gasteiger partial charge >= 0.3 is 0 Å². The van der Waals surface area contributed by atoms with E-state index in [1.807, 2.05) is 6.92 Å². The molecule has 1 amide bonds. The zero-order valence-corrected chi connectivity index (χ0v) is 11.4. The fourth-order valence-electron chi connectivity index (χ4n) is 2.06. The van der Waals surface area contributed by atoms with Crippen LogP contribution < -0.4 is 5.73 Å². The second-order valence-electron chi connectivity index (χ2n) is 4.88. The first-order valence-corrected chi connectivity index (χ1v) is 6.69. The number of aromatic nitrogens is 3. The number of nitrogens with one attached hydrogen (secondary N) is 1. The normalized spacial score (nSPS) is 21.4. The van der Waals surface area contributed by atoms with Crippen molar-refractivity contribution in [2.75, 3.05) is 19.7 Å². The molecule has 2 unspecified atom stereocenters. The molecule has 106 valence electrons. The predicted octanol–water partition coefficient (Wildman–Crippen LogP) is -0.0546. The molecule has 0 aromatic carbocycles. The molecule has 0 spiro atoms. The number of aromatic amines is 1. The molecule has 7 nitrogen and oxygen atoms in total. The molecule has 1 aliphatic rings. The van der Waals surface area contributed by atoms with Crippen molar-refractivity contribution in [3.8, 4) is 0 Å². The van der Waals surface area contributed by atoms with E-state index in [9.17, 15) is 4.79 Å². The molecule has 0 aliphatic carbocycles. The molecule has 1 fully saturated rings. The number of morpholine rings is 1. The summed E-state index contributed by atoms with van der Waals surface area (Å²) >= 11 is 0. The number of nitrogens with zero attached hydrogens (tertiary/aromatic N) is 3. The topological polar surface area (TPSA) is 97.1 Å². The standard InChI is InChI=1S/C12H21N5O2/c1-3-4-10-14-11(16-15-10)12(18)17-5-6-19-9(7-17)8(2)13/h8-9H,3-7,13H2,1-2H3,(H,14,15,16). The molecule has 2 atom stereocenters. The van der Waals surface area contributed by atoms with E-state index in [-0.39, 0.29) is 23.9 Å². The minimum Gasteiger partial charge on any atom is -0.373 e. The molecule has 1 aromatic heterocycles. The fourth-order valence-corrected chi connectivity index (χ4v) is 2.06. The van der Waals surface area contributed by atoms with Gasteiger partial charge in [-0.1, -0.05) is 6.92 Å². The summed E-state index contributed by atoms with van der Waals surface area (Å²) in [4.78, 5) is 18.2. The van der Waals surface area contributed by atoms with Crippen LogP contribution in [0.5, 0.6) is 0 Å². The first-order valence-electron chi connectivity index (χ1n) is 6.69. The summed E-state index contributed by atoms with van der Waals surface area (Å²) in [6, 6.07) is -0.0987. The van der Waals surface area contributed by atoms with Crippen LogP contribution in [0.15, 0.2) is 0 Å². The monoisotopic (exact) mass is 267 g/mol. The van der Waals surface area contributed by atoms with Crippen LogP contribution in [-0.4, -0.2) is 57.8 Å². The Morgan fingerprint density at radius 3 is 3.16 bits per heavy atom. The lowest BCUT2D eigenvalue weighted by Gasteiger charge is -2.34. The second kappa shape index (κ2) is 6.12. The Kier molecular flexibility index (Phi) is 4.49. The Balaban J connectivity index is 2.01. The minimum atomic E-state index is -0.160. The van der Waals surface area contributed by atoms with Crippen LogP contribution in [0.1, 0.15) is 36.7 Å². The highest BCUT2D eigenvalue weighted by Gasteiger charge is 2.28. The van der Waals surface area contributed by atoms with Crippen molar-refractivity contribution in [3.05, 3.63) is 11.6 Å². The molecule has 2 heterocycles. The molecule has 0 bridgehead atoms. The smallest absolute Gasteiger partial charge is 0.293 e. The number of rotatable bonds is 4. The van der Waals surface area contributed by atoms with E-state index in [4.69, 9.17) is 10.5 Å². The lowest BCUT2D eigenvalue weighted by atomic mass is 10.1. The maximum Gasteiger partial charge on any atom is 0.293 e. The van der Waals surface area contributed by atoms with Gasteiger partial charge in [0.15, 0.2) is 0 Å². The Hall–Kier alpha value is -1.47. The SMILES string of the molecule is CCCc1nc(C(=O)N2CCOC(C(C)N)C2)n[nH]1. The molecule has 3 N–H and O–H groups in total. The molecule has 0 saturated carbocycles. The summed E-state index contributed by atoms with van der Waals surface area (Å²) in [5.74, 6) is 0.823. The molecule has 2 rings (SSSR count). The fraction of sp³-hybridized carbons (Fsp3) is 0.750. The van der Waals surface area contributed by atoms with Crippen molar-refractivity contribution < 1.29 is 9.53 Å². The van der Waals surface area contributed by atoms with Crippen LogP contribution in [0.4, 0.5) is 0 Å². The third-order valence-electron chi connectivity index (χ3n) is 3.18. The van der Waals surface area contributed by atoms with E-state index in [0.717, 1.165) is 18.7 Å². The van der Waals surface area contributed by atoms with Crippen LogP contribution in [0.3, 0.4) is 0 Å². The summed E-state index contributed by atoms with van der Waals surface area (Å²) in [5.41, 5.74) is 5.81.